The Balaban J connectivity index is 0.00000162. The molecule has 1 aliphatic heterocycles. The molecule has 1 aromatic rings. The maximum Gasteiger partial charge on any atom is 0.255 e. The van der Waals surface area contributed by atoms with Gasteiger partial charge in [0.1, 0.15) is 0 Å². The van der Waals surface area contributed by atoms with Crippen molar-refractivity contribution in [3.05, 3.63) is 33.3 Å². The van der Waals surface area contributed by atoms with Gasteiger partial charge in [0.15, 0.2) is 0 Å². The van der Waals surface area contributed by atoms with Crippen LogP contribution in [0, 0.1) is 0 Å². The highest BCUT2D eigenvalue weighted by molar-refractivity contribution is 9.10. The van der Waals surface area contributed by atoms with Gasteiger partial charge in [-0.2, -0.15) is 0 Å². The molecule has 1 heterocycles. The van der Waals surface area contributed by atoms with Gasteiger partial charge in [0.2, 0.25) is 0 Å². The van der Waals surface area contributed by atoms with Crippen LogP contribution in [0.25, 0.3) is 0 Å². The fraction of sp³-hybridized carbons (Fsp3) is 0.417. The summed E-state index contributed by atoms with van der Waals surface area (Å²) in [6.45, 7) is 1.28. The molecule has 2 rings (SSSR count). The summed E-state index contributed by atoms with van der Waals surface area (Å²) in [5.41, 5.74) is 6.22. The second kappa shape index (κ2) is 6.75. The maximum atomic E-state index is 12.3. The number of hydrogen-bond donors (Lipinski definition) is 1. The number of halogens is 3. The van der Waals surface area contributed by atoms with Crippen molar-refractivity contribution in [2.24, 2.45) is 5.73 Å². The predicted molar refractivity (Wildman–Crippen MR) is 79.5 cm³/mol. The maximum absolute atomic E-state index is 12.3. The monoisotopic (exact) mass is 352 g/mol. The molecule has 18 heavy (non-hydrogen) atoms. The zero-order valence-corrected chi connectivity index (χ0v) is 12.9. The quantitative estimate of drug-likeness (QED) is 0.887. The van der Waals surface area contributed by atoms with Crippen LogP contribution in [0.5, 0.6) is 0 Å². The molecule has 0 spiro atoms. The fourth-order valence-corrected chi connectivity index (χ4v) is 2.92. The summed E-state index contributed by atoms with van der Waals surface area (Å²) in [7, 11) is 0. The predicted octanol–water partition coefficient (Wildman–Crippen LogP) is 3.09. The molecule has 1 aliphatic rings. The molecule has 1 atom stereocenters. The van der Waals surface area contributed by atoms with Crippen LogP contribution in [0.3, 0.4) is 0 Å². The molecule has 0 radical (unpaired) electrons. The third-order valence-corrected chi connectivity index (χ3v) is 3.88. The van der Waals surface area contributed by atoms with E-state index in [1.807, 2.05) is 11.0 Å². The lowest BCUT2D eigenvalue weighted by Gasteiger charge is -2.23. The van der Waals surface area contributed by atoms with Crippen molar-refractivity contribution in [3.63, 3.8) is 0 Å². The van der Waals surface area contributed by atoms with Gasteiger partial charge in [-0.05, 0) is 31.0 Å². The van der Waals surface area contributed by atoms with E-state index in [0.29, 0.717) is 17.1 Å². The summed E-state index contributed by atoms with van der Waals surface area (Å²) in [4.78, 5) is 14.1. The van der Waals surface area contributed by atoms with E-state index in [0.717, 1.165) is 23.9 Å². The summed E-state index contributed by atoms with van der Waals surface area (Å²) in [5.74, 6) is -0.0181. The molecule has 0 aliphatic carbocycles. The van der Waals surface area contributed by atoms with Gasteiger partial charge in [-0.25, -0.2) is 0 Å². The average molecular weight is 354 g/mol. The normalized spacial score (nSPS) is 18.6. The zero-order chi connectivity index (χ0) is 12.4. The first-order chi connectivity index (χ1) is 8.13. The number of amides is 1. The molecule has 0 saturated carbocycles. The van der Waals surface area contributed by atoms with Gasteiger partial charge in [0.25, 0.3) is 5.91 Å². The van der Waals surface area contributed by atoms with E-state index in [9.17, 15) is 4.79 Å². The van der Waals surface area contributed by atoms with Gasteiger partial charge in [-0.3, -0.25) is 4.79 Å². The minimum Gasteiger partial charge on any atom is -0.334 e. The van der Waals surface area contributed by atoms with Crippen LogP contribution in [-0.2, 0) is 0 Å². The van der Waals surface area contributed by atoms with E-state index >= 15 is 0 Å². The van der Waals surface area contributed by atoms with Gasteiger partial charge < -0.3 is 10.6 Å². The molecular weight excluding hydrogens is 339 g/mol. The number of carbonyl (C=O) groups excluding carboxylic acids is 1. The standard InChI is InChI=1S/C12H14BrClN2O.ClH/c13-8-3-4-10(11(14)6-8)12(17)16-5-1-2-9(16)7-15;/h3-4,6,9H,1-2,5,7,15H2;1H. The molecule has 0 aromatic heterocycles. The Kier molecular flexibility index (Phi) is 5.92. The van der Waals surface area contributed by atoms with E-state index in [1.165, 1.54) is 0 Å². The molecule has 2 N–H and O–H groups in total. The number of likely N-dealkylation sites (tertiary alicyclic amines) is 1. The van der Waals surface area contributed by atoms with Crippen molar-refractivity contribution < 1.29 is 4.79 Å². The average Bonchev–Trinajstić information content (AvgIpc) is 2.76. The van der Waals surface area contributed by atoms with Crippen molar-refractivity contribution in [1.29, 1.82) is 0 Å². The molecule has 1 amide bonds. The summed E-state index contributed by atoms with van der Waals surface area (Å²) in [6.07, 6.45) is 2.00. The van der Waals surface area contributed by atoms with Crippen LogP contribution in [-0.4, -0.2) is 29.9 Å². The number of carbonyl (C=O) groups is 1. The Morgan fingerprint density at radius 3 is 2.89 bits per heavy atom. The second-order valence-corrected chi connectivity index (χ2v) is 5.48. The molecule has 1 aromatic carbocycles. The summed E-state index contributed by atoms with van der Waals surface area (Å²) in [6, 6.07) is 5.47. The smallest absolute Gasteiger partial charge is 0.255 e. The third kappa shape index (κ3) is 3.18. The summed E-state index contributed by atoms with van der Waals surface area (Å²) >= 11 is 9.41. The van der Waals surface area contributed by atoms with Crippen molar-refractivity contribution >= 4 is 45.8 Å². The fourth-order valence-electron chi connectivity index (χ4n) is 2.17. The number of hydrogen-bond acceptors (Lipinski definition) is 2. The molecule has 1 saturated heterocycles. The van der Waals surface area contributed by atoms with Crippen LogP contribution >= 0.6 is 39.9 Å². The highest BCUT2D eigenvalue weighted by Gasteiger charge is 2.29. The molecule has 100 valence electrons. The number of rotatable bonds is 2. The summed E-state index contributed by atoms with van der Waals surface area (Å²) in [5, 5.41) is 0.479. The van der Waals surface area contributed by atoms with Gasteiger partial charge in [0, 0.05) is 23.6 Å². The highest BCUT2D eigenvalue weighted by atomic mass is 79.9. The highest BCUT2D eigenvalue weighted by Crippen LogP contribution is 2.25. The largest absolute Gasteiger partial charge is 0.334 e. The molecule has 0 bridgehead atoms. The molecular formula is C12H15BrCl2N2O. The van der Waals surface area contributed by atoms with E-state index in [-0.39, 0.29) is 24.4 Å². The first-order valence-corrected chi connectivity index (χ1v) is 6.76. The van der Waals surface area contributed by atoms with Crippen molar-refractivity contribution in [1.82, 2.24) is 4.90 Å². The second-order valence-electron chi connectivity index (χ2n) is 4.15. The summed E-state index contributed by atoms with van der Waals surface area (Å²) < 4.78 is 0.871. The van der Waals surface area contributed by atoms with Gasteiger partial charge in [-0.15, -0.1) is 12.4 Å². The lowest BCUT2D eigenvalue weighted by atomic mass is 10.1. The molecule has 1 fully saturated rings. The Morgan fingerprint density at radius 1 is 1.56 bits per heavy atom. The SMILES string of the molecule is Cl.NCC1CCCN1C(=O)c1ccc(Br)cc1Cl. The van der Waals surface area contributed by atoms with Crippen molar-refractivity contribution in [2.75, 3.05) is 13.1 Å². The Labute approximate surface area is 126 Å². The first kappa shape index (κ1) is 15.8. The zero-order valence-electron chi connectivity index (χ0n) is 9.73. The lowest BCUT2D eigenvalue weighted by molar-refractivity contribution is 0.0741. The van der Waals surface area contributed by atoms with E-state index < -0.39 is 0 Å². The molecule has 3 nitrogen and oxygen atoms in total. The van der Waals surface area contributed by atoms with Crippen molar-refractivity contribution in [3.8, 4) is 0 Å². The number of nitrogens with zero attached hydrogens (tertiary/aromatic N) is 1. The van der Waals surface area contributed by atoms with Gasteiger partial charge in [-0.1, -0.05) is 27.5 Å². The number of nitrogens with two attached hydrogens (primary N) is 1. The van der Waals surface area contributed by atoms with Gasteiger partial charge in [0.05, 0.1) is 10.6 Å². The van der Waals surface area contributed by atoms with E-state index in [4.69, 9.17) is 17.3 Å². The van der Waals surface area contributed by atoms with E-state index in [2.05, 4.69) is 15.9 Å². The topological polar surface area (TPSA) is 46.3 Å². The van der Waals surface area contributed by atoms with E-state index in [1.54, 1.807) is 12.1 Å². The van der Waals surface area contributed by atoms with Crippen LogP contribution in [0.2, 0.25) is 5.02 Å². The Bertz CT molecular complexity index is 442. The third-order valence-electron chi connectivity index (χ3n) is 3.07. The van der Waals surface area contributed by atoms with Crippen molar-refractivity contribution in [2.45, 2.75) is 18.9 Å². The number of benzene rings is 1. The van der Waals surface area contributed by atoms with Crippen LogP contribution in [0.15, 0.2) is 22.7 Å². The Morgan fingerprint density at radius 2 is 2.28 bits per heavy atom. The lowest BCUT2D eigenvalue weighted by Crippen LogP contribution is -2.40. The minimum absolute atomic E-state index is 0. The molecule has 1 unspecified atom stereocenters. The molecule has 6 heteroatoms. The van der Waals surface area contributed by atoms with Crippen LogP contribution in [0.4, 0.5) is 0 Å². The minimum atomic E-state index is -0.0181. The Hall–Kier alpha value is -0.290. The van der Waals surface area contributed by atoms with Crippen LogP contribution < -0.4 is 5.73 Å². The first-order valence-electron chi connectivity index (χ1n) is 5.59. The van der Waals surface area contributed by atoms with Crippen LogP contribution in [0.1, 0.15) is 23.2 Å². The van der Waals surface area contributed by atoms with Gasteiger partial charge >= 0.3 is 0 Å².